The van der Waals surface area contributed by atoms with Crippen LogP contribution >= 0.6 is 0 Å². The summed E-state index contributed by atoms with van der Waals surface area (Å²) in [5, 5.41) is 0. The Labute approximate surface area is 154 Å². The highest BCUT2D eigenvalue weighted by molar-refractivity contribution is 7.92. The fourth-order valence-electron chi connectivity index (χ4n) is 2.14. The molecule has 0 saturated heterocycles. The maximum atomic E-state index is 12.3. The third kappa shape index (κ3) is 5.04. The van der Waals surface area contributed by atoms with Crippen LogP contribution in [0.3, 0.4) is 0 Å². The van der Waals surface area contributed by atoms with Crippen molar-refractivity contribution in [3.05, 3.63) is 54.1 Å². The van der Waals surface area contributed by atoms with E-state index in [9.17, 15) is 16.8 Å². The van der Waals surface area contributed by atoms with E-state index in [0.717, 1.165) is 5.56 Å². The topological polar surface area (TPSA) is 102 Å². The fourth-order valence-corrected chi connectivity index (χ4v) is 4.24. The lowest BCUT2D eigenvalue weighted by atomic mass is 10.0. The van der Waals surface area contributed by atoms with Gasteiger partial charge in [-0.05, 0) is 54.8 Å². The smallest absolute Gasteiger partial charge is 0.254 e. The Morgan fingerprint density at radius 3 is 1.62 bits per heavy atom. The van der Waals surface area contributed by atoms with Gasteiger partial charge >= 0.3 is 0 Å². The van der Waals surface area contributed by atoms with Crippen LogP contribution < -0.4 is 14.4 Å². The minimum atomic E-state index is -4.05. The molecule has 2 N–H and O–H groups in total. The van der Waals surface area contributed by atoms with E-state index in [2.05, 4.69) is 0 Å². The first-order valence-electron chi connectivity index (χ1n) is 8.02. The number of nitrogens with one attached hydrogen (secondary N) is 2. The number of hydrogen-bond donors (Lipinski definition) is 2. The molecule has 0 atom stereocenters. The normalized spacial score (nSPS) is 12.3. The van der Waals surface area contributed by atoms with Gasteiger partial charge in [-0.25, -0.2) is 16.8 Å². The lowest BCUT2D eigenvalue weighted by Gasteiger charge is -2.11. The average Bonchev–Trinajstić information content (AvgIpc) is 2.61. The van der Waals surface area contributed by atoms with E-state index in [1.165, 1.54) is 36.4 Å². The van der Waals surface area contributed by atoms with Crippen LogP contribution in [0.25, 0.3) is 0 Å². The van der Waals surface area contributed by atoms with Crippen molar-refractivity contribution < 1.29 is 21.6 Å². The molecule has 0 radical (unpaired) electrons. The van der Waals surface area contributed by atoms with Crippen LogP contribution in [0.2, 0.25) is 0 Å². The molecule has 0 fully saturated rings. The summed E-state index contributed by atoms with van der Waals surface area (Å²) >= 11 is 0. The molecule has 0 saturated carbocycles. The van der Waals surface area contributed by atoms with Gasteiger partial charge in [0.25, 0.3) is 20.0 Å². The Kier molecular flexibility index (Phi) is 6.40. The number of hydrazine groups is 1. The highest BCUT2D eigenvalue weighted by Crippen LogP contribution is 2.18. The van der Waals surface area contributed by atoms with E-state index >= 15 is 0 Å². The molecule has 0 aliphatic heterocycles. The maximum Gasteiger partial charge on any atom is 0.254 e. The van der Waals surface area contributed by atoms with Crippen LogP contribution in [-0.4, -0.2) is 23.4 Å². The highest BCUT2D eigenvalue weighted by atomic mass is 32.2. The van der Waals surface area contributed by atoms with E-state index in [1.54, 1.807) is 12.1 Å². The second kappa shape index (κ2) is 8.17. The maximum absolute atomic E-state index is 12.3. The molecule has 9 heteroatoms. The van der Waals surface area contributed by atoms with Gasteiger partial charge in [0.1, 0.15) is 5.75 Å². The fraction of sp³-hybridized carbons (Fsp3) is 0.294. The molecule has 142 valence electrons. The Morgan fingerprint density at radius 1 is 0.808 bits per heavy atom. The molecule has 7 nitrogen and oxygen atoms in total. The van der Waals surface area contributed by atoms with Gasteiger partial charge in [-0.3, -0.25) is 0 Å². The number of hydrogen-bond acceptors (Lipinski definition) is 5. The zero-order chi connectivity index (χ0) is 19.4. The van der Waals surface area contributed by atoms with Crippen molar-refractivity contribution >= 4 is 20.0 Å². The van der Waals surface area contributed by atoms with Crippen LogP contribution in [0.15, 0.2) is 58.3 Å². The molecular formula is C17H22N2O5S2. The second-order valence-electron chi connectivity index (χ2n) is 5.84. The van der Waals surface area contributed by atoms with Gasteiger partial charge in [0.05, 0.1) is 16.4 Å². The van der Waals surface area contributed by atoms with Crippen molar-refractivity contribution in [1.82, 2.24) is 9.66 Å². The first-order valence-corrected chi connectivity index (χ1v) is 11.0. The van der Waals surface area contributed by atoms with Crippen molar-refractivity contribution in [3.8, 4) is 5.75 Å². The van der Waals surface area contributed by atoms with Gasteiger partial charge < -0.3 is 4.74 Å². The van der Waals surface area contributed by atoms with Gasteiger partial charge in [-0.1, -0.05) is 26.0 Å². The molecule has 0 aliphatic rings. The van der Waals surface area contributed by atoms with E-state index in [-0.39, 0.29) is 15.7 Å². The van der Waals surface area contributed by atoms with Crippen LogP contribution in [0.1, 0.15) is 32.3 Å². The summed E-state index contributed by atoms with van der Waals surface area (Å²) in [6.07, 6.45) is 0. The third-order valence-corrected chi connectivity index (χ3v) is 6.27. The van der Waals surface area contributed by atoms with Crippen LogP contribution in [0.4, 0.5) is 0 Å². The minimum absolute atomic E-state index is 0.0312. The molecule has 26 heavy (non-hydrogen) atoms. The van der Waals surface area contributed by atoms with E-state index in [1.807, 2.05) is 30.4 Å². The molecule has 0 aromatic heterocycles. The number of sulfonamides is 2. The monoisotopic (exact) mass is 398 g/mol. The molecule has 0 bridgehead atoms. The summed E-state index contributed by atoms with van der Waals surface area (Å²) in [7, 11) is -8.08. The summed E-state index contributed by atoms with van der Waals surface area (Å²) in [5.74, 6) is 0.787. The first-order chi connectivity index (χ1) is 12.2. The lowest BCUT2D eigenvalue weighted by molar-refractivity contribution is 0.340. The van der Waals surface area contributed by atoms with Gasteiger partial charge in [-0.2, -0.15) is 0 Å². The Balaban J connectivity index is 2.12. The number of rotatable bonds is 8. The first kappa shape index (κ1) is 20.4. The summed E-state index contributed by atoms with van der Waals surface area (Å²) in [4.78, 5) is 3.69. The molecule has 0 heterocycles. The molecular weight excluding hydrogens is 376 g/mol. The Hall–Kier alpha value is -1.94. The Bertz CT molecular complexity index is 936. The molecule has 0 aliphatic carbocycles. The van der Waals surface area contributed by atoms with Gasteiger partial charge in [0.15, 0.2) is 0 Å². The van der Waals surface area contributed by atoms with Crippen molar-refractivity contribution in [2.75, 3.05) is 6.61 Å². The standard InChI is InChI=1S/C17H22N2O5S2/c1-4-24-15-7-11-17(12-8-15)26(22,23)19-18-25(20,21)16-9-5-14(6-10-16)13(2)3/h5-13,18-19H,4H2,1-3H3. The van der Waals surface area contributed by atoms with E-state index in [4.69, 9.17) is 4.74 Å². The summed E-state index contributed by atoms with van der Waals surface area (Å²) in [5.41, 5.74) is 0.985. The number of benzene rings is 2. The second-order valence-corrected chi connectivity index (χ2v) is 9.20. The van der Waals surface area contributed by atoms with E-state index in [0.29, 0.717) is 12.4 Å². The quantitative estimate of drug-likeness (QED) is 0.665. The molecule has 2 aromatic carbocycles. The summed E-state index contributed by atoms with van der Waals surface area (Å²) in [6, 6.07) is 11.9. The summed E-state index contributed by atoms with van der Waals surface area (Å²) < 4.78 is 54.3. The number of ether oxygens (including phenoxy) is 1. The lowest BCUT2D eigenvalue weighted by Crippen LogP contribution is -2.41. The largest absolute Gasteiger partial charge is 0.494 e. The SMILES string of the molecule is CCOc1ccc(S(=O)(=O)NNS(=O)(=O)c2ccc(C(C)C)cc2)cc1. The van der Waals surface area contributed by atoms with Crippen LogP contribution in [-0.2, 0) is 20.0 Å². The van der Waals surface area contributed by atoms with Crippen molar-refractivity contribution in [2.24, 2.45) is 0 Å². The zero-order valence-corrected chi connectivity index (χ0v) is 16.4. The van der Waals surface area contributed by atoms with Gasteiger partial charge in [-0.15, -0.1) is 9.66 Å². The molecule has 2 aromatic rings. The molecule has 0 spiro atoms. The van der Waals surface area contributed by atoms with Gasteiger partial charge in [0, 0.05) is 0 Å². The van der Waals surface area contributed by atoms with Crippen molar-refractivity contribution in [1.29, 1.82) is 0 Å². The average molecular weight is 399 g/mol. The van der Waals surface area contributed by atoms with Crippen LogP contribution in [0.5, 0.6) is 5.75 Å². The molecule has 0 amide bonds. The van der Waals surface area contributed by atoms with E-state index < -0.39 is 20.0 Å². The van der Waals surface area contributed by atoms with Gasteiger partial charge in [0.2, 0.25) is 0 Å². The Morgan fingerprint density at radius 2 is 1.23 bits per heavy atom. The molecule has 0 unspecified atom stereocenters. The summed E-state index contributed by atoms with van der Waals surface area (Å²) in [6.45, 7) is 6.26. The highest BCUT2D eigenvalue weighted by Gasteiger charge is 2.20. The van der Waals surface area contributed by atoms with Crippen molar-refractivity contribution in [3.63, 3.8) is 0 Å². The van der Waals surface area contributed by atoms with Crippen molar-refractivity contribution in [2.45, 2.75) is 36.5 Å². The molecule has 2 rings (SSSR count). The zero-order valence-electron chi connectivity index (χ0n) is 14.8. The predicted octanol–water partition coefficient (Wildman–Crippen LogP) is 2.38. The van der Waals surface area contributed by atoms with Crippen LogP contribution in [0, 0.1) is 0 Å². The predicted molar refractivity (Wildman–Crippen MR) is 98.8 cm³/mol. The minimum Gasteiger partial charge on any atom is -0.494 e. The third-order valence-electron chi connectivity index (χ3n) is 3.61.